The Morgan fingerprint density at radius 1 is 1.31 bits per heavy atom. The molecule has 0 saturated carbocycles. The number of allylic oxidation sites excluding steroid dienone is 1. The molecule has 0 aliphatic heterocycles. The summed E-state index contributed by atoms with van der Waals surface area (Å²) in [7, 11) is 0. The molecule has 0 aliphatic carbocycles. The van der Waals surface area contributed by atoms with Gasteiger partial charge in [-0.3, -0.25) is 0 Å². The van der Waals surface area contributed by atoms with Crippen LogP contribution in [0, 0.1) is 5.92 Å². The van der Waals surface area contributed by atoms with Crippen molar-refractivity contribution in [3.8, 4) is 11.6 Å². The standard InChI is InChI=1S/C19H15ClF3N3O2S/c1-10(7-11(2)27)3-4-12-8-25-15(9-24-12)28-14-6-5-13-17(16(14)20)29-18(26-13)19(21,22)23/h3-6,8-10H,7H2,1-2H3/b4-3+/t10-/m0/s1. The van der Waals surface area contributed by atoms with Gasteiger partial charge in [-0.25, -0.2) is 15.0 Å². The molecule has 0 spiro atoms. The molecule has 0 radical (unpaired) electrons. The van der Waals surface area contributed by atoms with E-state index in [0.717, 1.165) is 0 Å². The van der Waals surface area contributed by atoms with Gasteiger partial charge in [-0.1, -0.05) is 24.6 Å². The number of alkyl halides is 3. The molecule has 0 saturated heterocycles. The van der Waals surface area contributed by atoms with E-state index in [1.807, 2.05) is 13.0 Å². The monoisotopic (exact) mass is 441 g/mol. The number of nitrogens with zero attached hydrogens (tertiary/aromatic N) is 3. The molecule has 29 heavy (non-hydrogen) atoms. The third kappa shape index (κ3) is 5.30. The molecular formula is C19H15ClF3N3O2S. The first-order valence-electron chi connectivity index (χ1n) is 8.47. The van der Waals surface area contributed by atoms with E-state index in [1.165, 1.54) is 31.5 Å². The van der Waals surface area contributed by atoms with E-state index in [-0.39, 0.29) is 38.6 Å². The average molecular weight is 442 g/mol. The fraction of sp³-hybridized carbons (Fsp3) is 0.263. The molecule has 3 rings (SSSR count). The molecule has 10 heteroatoms. The Morgan fingerprint density at radius 3 is 2.69 bits per heavy atom. The fourth-order valence-corrected chi connectivity index (χ4v) is 3.68. The molecule has 0 bridgehead atoms. The lowest BCUT2D eigenvalue weighted by atomic mass is 10.0. The molecule has 1 aromatic carbocycles. The average Bonchev–Trinajstić information content (AvgIpc) is 3.08. The van der Waals surface area contributed by atoms with Gasteiger partial charge in [-0.05, 0) is 31.1 Å². The Kier molecular flexibility index (Phi) is 6.18. The second kappa shape index (κ2) is 8.46. The van der Waals surface area contributed by atoms with E-state index < -0.39 is 11.2 Å². The highest BCUT2D eigenvalue weighted by atomic mass is 35.5. The van der Waals surface area contributed by atoms with Crippen molar-refractivity contribution >= 4 is 45.0 Å². The van der Waals surface area contributed by atoms with Crippen molar-refractivity contribution in [1.29, 1.82) is 0 Å². The molecule has 0 fully saturated rings. The Bertz CT molecular complexity index is 1060. The fourth-order valence-electron chi connectivity index (χ4n) is 2.50. The van der Waals surface area contributed by atoms with Crippen LogP contribution in [0.1, 0.15) is 31.0 Å². The zero-order valence-electron chi connectivity index (χ0n) is 15.3. The van der Waals surface area contributed by atoms with E-state index >= 15 is 0 Å². The summed E-state index contributed by atoms with van der Waals surface area (Å²) in [6.45, 7) is 3.46. The molecule has 3 aromatic rings. The molecule has 0 aliphatic rings. The molecule has 0 amide bonds. The van der Waals surface area contributed by atoms with Crippen LogP contribution in [0.5, 0.6) is 11.6 Å². The number of Topliss-reactive ketones (excluding diaryl/α,β-unsaturated/α-hetero) is 1. The van der Waals surface area contributed by atoms with Gasteiger partial charge < -0.3 is 9.53 Å². The van der Waals surface area contributed by atoms with E-state index in [2.05, 4.69) is 15.0 Å². The van der Waals surface area contributed by atoms with Crippen molar-refractivity contribution in [3.05, 3.63) is 46.3 Å². The molecule has 152 valence electrons. The second-order valence-electron chi connectivity index (χ2n) is 6.37. The third-order valence-corrected chi connectivity index (χ3v) is 5.39. The highest BCUT2D eigenvalue weighted by molar-refractivity contribution is 7.19. The topological polar surface area (TPSA) is 65.0 Å². The van der Waals surface area contributed by atoms with E-state index in [1.54, 1.807) is 6.08 Å². The first kappa shape index (κ1) is 21.2. The Balaban J connectivity index is 1.76. The van der Waals surface area contributed by atoms with E-state index in [4.69, 9.17) is 16.3 Å². The predicted molar refractivity (Wildman–Crippen MR) is 105 cm³/mol. The number of hydrogen-bond acceptors (Lipinski definition) is 6. The normalized spacial score (nSPS) is 13.2. The molecule has 0 N–H and O–H groups in total. The summed E-state index contributed by atoms with van der Waals surface area (Å²) < 4.78 is 44.3. The minimum absolute atomic E-state index is 0.0272. The molecular weight excluding hydrogens is 427 g/mol. The van der Waals surface area contributed by atoms with Gasteiger partial charge in [0, 0.05) is 6.42 Å². The number of halogens is 4. The number of fused-ring (bicyclic) bond motifs is 1. The maximum absolute atomic E-state index is 12.9. The summed E-state index contributed by atoms with van der Waals surface area (Å²) in [6.07, 6.45) is 2.37. The number of carbonyl (C=O) groups is 1. The number of hydrogen-bond donors (Lipinski definition) is 0. The number of rotatable bonds is 6. The van der Waals surface area contributed by atoms with Gasteiger partial charge in [0.15, 0.2) is 5.01 Å². The highest BCUT2D eigenvalue weighted by Crippen LogP contribution is 2.42. The van der Waals surface area contributed by atoms with Gasteiger partial charge in [0.25, 0.3) is 0 Å². The molecule has 1 atom stereocenters. The van der Waals surface area contributed by atoms with Crippen LogP contribution in [0.15, 0.2) is 30.6 Å². The van der Waals surface area contributed by atoms with Crippen molar-refractivity contribution in [3.63, 3.8) is 0 Å². The molecule has 2 heterocycles. The van der Waals surface area contributed by atoms with Gasteiger partial charge in [0.1, 0.15) is 16.6 Å². The van der Waals surface area contributed by atoms with Crippen LogP contribution < -0.4 is 4.74 Å². The third-order valence-electron chi connectivity index (χ3n) is 3.77. The van der Waals surface area contributed by atoms with Crippen molar-refractivity contribution in [2.45, 2.75) is 26.4 Å². The van der Waals surface area contributed by atoms with E-state index in [0.29, 0.717) is 23.5 Å². The van der Waals surface area contributed by atoms with Gasteiger partial charge in [0.05, 0.1) is 28.3 Å². The van der Waals surface area contributed by atoms with Gasteiger partial charge in [0.2, 0.25) is 5.88 Å². The van der Waals surface area contributed by atoms with E-state index in [9.17, 15) is 18.0 Å². The SMILES string of the molecule is CC(=O)C[C@@H](C)/C=C/c1cnc(Oc2ccc3nc(C(F)(F)F)sc3c2Cl)cn1. The maximum atomic E-state index is 12.9. The summed E-state index contributed by atoms with van der Waals surface area (Å²) in [4.78, 5) is 23.0. The first-order chi connectivity index (χ1) is 13.6. The van der Waals surface area contributed by atoms with Crippen LogP contribution in [0.25, 0.3) is 16.3 Å². The van der Waals surface area contributed by atoms with Crippen molar-refractivity contribution in [1.82, 2.24) is 15.0 Å². The van der Waals surface area contributed by atoms with Crippen LogP contribution in [-0.2, 0) is 11.0 Å². The minimum Gasteiger partial charge on any atom is -0.436 e. The van der Waals surface area contributed by atoms with Gasteiger partial charge >= 0.3 is 6.18 Å². The van der Waals surface area contributed by atoms with Gasteiger partial charge in [-0.15, -0.1) is 11.3 Å². The molecule has 5 nitrogen and oxygen atoms in total. The smallest absolute Gasteiger partial charge is 0.436 e. The van der Waals surface area contributed by atoms with Crippen LogP contribution in [0.4, 0.5) is 13.2 Å². The summed E-state index contributed by atoms with van der Waals surface area (Å²) in [5.41, 5.74) is 0.720. The Morgan fingerprint density at radius 2 is 2.07 bits per heavy atom. The zero-order chi connectivity index (χ0) is 21.2. The Hall–Kier alpha value is -2.52. The van der Waals surface area contributed by atoms with Crippen LogP contribution in [0.3, 0.4) is 0 Å². The van der Waals surface area contributed by atoms with Crippen LogP contribution in [0.2, 0.25) is 5.02 Å². The number of thiazole rings is 1. The lowest BCUT2D eigenvalue weighted by Gasteiger charge is -2.07. The van der Waals surface area contributed by atoms with Crippen molar-refractivity contribution < 1.29 is 22.7 Å². The largest absolute Gasteiger partial charge is 0.443 e. The van der Waals surface area contributed by atoms with Gasteiger partial charge in [-0.2, -0.15) is 13.2 Å². The Labute approximate surface area is 173 Å². The second-order valence-corrected chi connectivity index (χ2v) is 7.74. The lowest BCUT2D eigenvalue weighted by molar-refractivity contribution is -0.137. The molecule has 0 unspecified atom stereocenters. The highest BCUT2D eigenvalue weighted by Gasteiger charge is 2.35. The number of aromatic nitrogens is 3. The number of benzene rings is 1. The van der Waals surface area contributed by atoms with Crippen LogP contribution >= 0.6 is 22.9 Å². The summed E-state index contributed by atoms with van der Waals surface area (Å²) in [5, 5.41) is -0.944. The predicted octanol–water partition coefficient (Wildman–Crippen LogP) is 6.18. The molecule has 2 aromatic heterocycles. The first-order valence-corrected chi connectivity index (χ1v) is 9.66. The number of ketones is 1. The minimum atomic E-state index is -4.54. The van der Waals surface area contributed by atoms with Crippen molar-refractivity contribution in [2.75, 3.05) is 0 Å². The summed E-state index contributed by atoms with van der Waals surface area (Å²) in [6, 6.07) is 2.84. The quantitative estimate of drug-likeness (QED) is 0.457. The maximum Gasteiger partial charge on any atom is 0.443 e. The number of carbonyl (C=O) groups excluding carboxylic acids is 1. The lowest BCUT2D eigenvalue weighted by Crippen LogP contribution is -2.03. The number of ether oxygens (including phenoxy) is 1. The summed E-state index contributed by atoms with van der Waals surface area (Å²) >= 11 is 6.66. The van der Waals surface area contributed by atoms with Crippen molar-refractivity contribution in [2.24, 2.45) is 5.92 Å². The summed E-state index contributed by atoms with van der Waals surface area (Å²) in [5.74, 6) is 0.482. The van der Waals surface area contributed by atoms with Crippen LogP contribution in [-0.4, -0.2) is 20.7 Å². The zero-order valence-corrected chi connectivity index (χ0v) is 16.9.